The predicted molar refractivity (Wildman–Crippen MR) is 69.1 cm³/mol. The van der Waals surface area contributed by atoms with Crippen molar-refractivity contribution in [1.29, 1.82) is 0 Å². The van der Waals surface area contributed by atoms with Crippen LogP contribution in [0.15, 0.2) is 22.7 Å². The van der Waals surface area contributed by atoms with E-state index in [0.717, 1.165) is 35.8 Å². The summed E-state index contributed by atoms with van der Waals surface area (Å²) >= 11 is 3.32. The van der Waals surface area contributed by atoms with E-state index in [1.165, 1.54) is 0 Å². The lowest BCUT2D eigenvalue weighted by Gasteiger charge is -2.25. The van der Waals surface area contributed by atoms with Crippen LogP contribution in [0.5, 0.6) is 0 Å². The first-order valence-electron chi connectivity index (χ1n) is 5.44. The van der Waals surface area contributed by atoms with Crippen LogP contribution in [0.4, 0.5) is 5.69 Å². The average Bonchev–Trinajstić information content (AvgIpc) is 2.77. The van der Waals surface area contributed by atoms with Crippen molar-refractivity contribution in [1.82, 2.24) is 0 Å². The molecule has 5 heteroatoms. The van der Waals surface area contributed by atoms with Crippen LogP contribution in [0.3, 0.4) is 0 Å². The molecule has 2 N–H and O–H groups in total. The molecule has 0 radical (unpaired) electrons. The zero-order valence-corrected chi connectivity index (χ0v) is 10.8. The molecular weight excluding hydrogens is 284 g/mol. The van der Waals surface area contributed by atoms with E-state index in [1.807, 2.05) is 17.0 Å². The number of carbonyl (C=O) groups is 2. The van der Waals surface area contributed by atoms with Gasteiger partial charge in [-0.2, -0.15) is 0 Å². The number of halogens is 1. The minimum absolute atomic E-state index is 0.296. The Hall–Kier alpha value is -1.36. The van der Waals surface area contributed by atoms with Crippen LogP contribution in [0.1, 0.15) is 23.2 Å². The number of rotatable bonds is 3. The molecule has 1 aromatic carbocycles. The minimum atomic E-state index is -0.331. The molecule has 1 aliphatic heterocycles. The molecule has 1 aliphatic rings. The van der Waals surface area contributed by atoms with E-state index in [0.29, 0.717) is 5.56 Å². The molecule has 1 heterocycles. The molecule has 17 heavy (non-hydrogen) atoms. The molecule has 1 saturated heterocycles. The summed E-state index contributed by atoms with van der Waals surface area (Å²) < 4.78 is 0.846. The maximum Gasteiger partial charge on any atom is 0.240 e. The smallest absolute Gasteiger partial charge is 0.240 e. The number of nitrogens with zero attached hydrogens (tertiary/aromatic N) is 1. The SMILES string of the molecule is NC(=O)C1CCCN1c1ccc(Br)cc1C=O. The van der Waals surface area contributed by atoms with Gasteiger partial charge in [0, 0.05) is 22.3 Å². The third-order valence-corrected chi connectivity index (χ3v) is 3.50. The topological polar surface area (TPSA) is 63.4 Å². The molecule has 1 amide bonds. The van der Waals surface area contributed by atoms with Gasteiger partial charge in [0.1, 0.15) is 6.04 Å². The number of hydrogen-bond acceptors (Lipinski definition) is 3. The van der Waals surface area contributed by atoms with Crippen LogP contribution >= 0.6 is 15.9 Å². The van der Waals surface area contributed by atoms with Crippen molar-refractivity contribution < 1.29 is 9.59 Å². The van der Waals surface area contributed by atoms with Gasteiger partial charge >= 0.3 is 0 Å². The third kappa shape index (κ3) is 2.34. The van der Waals surface area contributed by atoms with Crippen LogP contribution < -0.4 is 10.6 Å². The fourth-order valence-corrected chi connectivity index (χ4v) is 2.61. The lowest BCUT2D eigenvalue weighted by molar-refractivity contribution is -0.119. The minimum Gasteiger partial charge on any atom is -0.368 e. The fourth-order valence-electron chi connectivity index (χ4n) is 2.23. The van der Waals surface area contributed by atoms with Gasteiger partial charge in [0.05, 0.1) is 0 Å². The molecule has 1 aromatic rings. The lowest BCUT2D eigenvalue weighted by atomic mass is 10.1. The van der Waals surface area contributed by atoms with Crippen molar-refractivity contribution in [2.24, 2.45) is 5.73 Å². The van der Waals surface area contributed by atoms with Gasteiger partial charge < -0.3 is 10.6 Å². The number of anilines is 1. The monoisotopic (exact) mass is 296 g/mol. The van der Waals surface area contributed by atoms with Crippen molar-refractivity contribution in [2.75, 3.05) is 11.4 Å². The second-order valence-corrected chi connectivity index (χ2v) is 4.99. The summed E-state index contributed by atoms with van der Waals surface area (Å²) in [5, 5.41) is 0. The highest BCUT2D eigenvalue weighted by Crippen LogP contribution is 2.29. The molecule has 0 spiro atoms. The number of primary amides is 1. The number of amides is 1. The molecule has 1 atom stereocenters. The zero-order valence-electron chi connectivity index (χ0n) is 9.23. The summed E-state index contributed by atoms with van der Waals surface area (Å²) in [7, 11) is 0. The highest BCUT2D eigenvalue weighted by Gasteiger charge is 2.30. The van der Waals surface area contributed by atoms with E-state index < -0.39 is 0 Å². The van der Waals surface area contributed by atoms with Crippen LogP contribution in [0.25, 0.3) is 0 Å². The van der Waals surface area contributed by atoms with Gasteiger partial charge in [-0.25, -0.2) is 0 Å². The molecule has 90 valence electrons. The van der Waals surface area contributed by atoms with Crippen molar-refractivity contribution in [3.8, 4) is 0 Å². The standard InChI is InChI=1S/C12H13BrN2O2/c13-9-3-4-10(8(6-9)7-16)15-5-1-2-11(15)12(14)17/h3-4,6-7,11H,1-2,5H2,(H2,14,17). The average molecular weight is 297 g/mol. The predicted octanol–water partition coefficient (Wildman–Crippen LogP) is 1.72. The number of carbonyl (C=O) groups excluding carboxylic acids is 2. The number of nitrogens with two attached hydrogens (primary N) is 1. The van der Waals surface area contributed by atoms with E-state index >= 15 is 0 Å². The number of benzene rings is 1. The lowest BCUT2D eigenvalue weighted by Crippen LogP contribution is -2.40. The Labute approximate surface area is 108 Å². The third-order valence-electron chi connectivity index (χ3n) is 3.01. The normalized spacial score (nSPS) is 19.4. The second-order valence-electron chi connectivity index (χ2n) is 4.07. The van der Waals surface area contributed by atoms with E-state index in [-0.39, 0.29) is 11.9 Å². The molecule has 0 bridgehead atoms. The summed E-state index contributed by atoms with van der Waals surface area (Å²) in [5.41, 5.74) is 6.73. The summed E-state index contributed by atoms with van der Waals surface area (Å²) in [6, 6.07) is 5.15. The quantitative estimate of drug-likeness (QED) is 0.864. The highest BCUT2D eigenvalue weighted by atomic mass is 79.9. The van der Waals surface area contributed by atoms with Crippen LogP contribution in [0.2, 0.25) is 0 Å². The molecule has 0 aromatic heterocycles. The molecule has 0 aliphatic carbocycles. The van der Waals surface area contributed by atoms with E-state index in [9.17, 15) is 9.59 Å². The van der Waals surface area contributed by atoms with Gasteiger partial charge in [0.15, 0.2) is 6.29 Å². The largest absolute Gasteiger partial charge is 0.368 e. The van der Waals surface area contributed by atoms with Crippen molar-refractivity contribution >= 4 is 33.8 Å². The van der Waals surface area contributed by atoms with Crippen molar-refractivity contribution in [3.05, 3.63) is 28.2 Å². The first kappa shape index (κ1) is 12.1. The first-order valence-corrected chi connectivity index (χ1v) is 6.23. The Bertz CT molecular complexity index is 462. The van der Waals surface area contributed by atoms with Gasteiger partial charge in [-0.05, 0) is 31.0 Å². The molecular formula is C12H13BrN2O2. The molecule has 4 nitrogen and oxygen atoms in total. The van der Waals surface area contributed by atoms with E-state index in [1.54, 1.807) is 6.07 Å². The van der Waals surface area contributed by atoms with E-state index in [4.69, 9.17) is 5.73 Å². The number of aldehydes is 1. The highest BCUT2D eigenvalue weighted by molar-refractivity contribution is 9.10. The van der Waals surface area contributed by atoms with Gasteiger partial charge in [0.2, 0.25) is 5.91 Å². The maximum absolute atomic E-state index is 11.3. The second kappa shape index (κ2) is 4.87. The Balaban J connectivity index is 2.39. The molecule has 0 saturated carbocycles. The maximum atomic E-state index is 11.3. The van der Waals surface area contributed by atoms with Crippen LogP contribution in [-0.4, -0.2) is 24.8 Å². The Morgan fingerprint density at radius 3 is 2.94 bits per heavy atom. The van der Waals surface area contributed by atoms with Crippen LogP contribution in [-0.2, 0) is 4.79 Å². The molecule has 1 fully saturated rings. The Morgan fingerprint density at radius 1 is 1.53 bits per heavy atom. The fraction of sp³-hybridized carbons (Fsp3) is 0.333. The Morgan fingerprint density at radius 2 is 2.29 bits per heavy atom. The summed E-state index contributed by atoms with van der Waals surface area (Å²) in [6.45, 7) is 0.760. The van der Waals surface area contributed by atoms with Gasteiger partial charge in [-0.15, -0.1) is 0 Å². The van der Waals surface area contributed by atoms with Crippen LogP contribution in [0, 0.1) is 0 Å². The summed E-state index contributed by atoms with van der Waals surface area (Å²) in [6.07, 6.45) is 2.47. The molecule has 1 unspecified atom stereocenters. The van der Waals surface area contributed by atoms with Gasteiger partial charge in [0.25, 0.3) is 0 Å². The number of hydrogen-bond donors (Lipinski definition) is 1. The summed E-state index contributed by atoms with van der Waals surface area (Å²) in [5.74, 6) is -0.331. The zero-order chi connectivity index (χ0) is 12.4. The van der Waals surface area contributed by atoms with Gasteiger partial charge in [-0.3, -0.25) is 9.59 Å². The Kier molecular flexibility index (Phi) is 3.47. The van der Waals surface area contributed by atoms with Gasteiger partial charge in [-0.1, -0.05) is 15.9 Å². The van der Waals surface area contributed by atoms with Crippen molar-refractivity contribution in [3.63, 3.8) is 0 Å². The summed E-state index contributed by atoms with van der Waals surface area (Å²) in [4.78, 5) is 24.3. The van der Waals surface area contributed by atoms with E-state index in [2.05, 4.69) is 15.9 Å². The first-order chi connectivity index (χ1) is 8.13. The molecule has 2 rings (SSSR count). The van der Waals surface area contributed by atoms with Crippen molar-refractivity contribution in [2.45, 2.75) is 18.9 Å².